The number of benzene rings is 1. The third kappa shape index (κ3) is 4.70. The van der Waals surface area contributed by atoms with Gasteiger partial charge in [0.1, 0.15) is 11.6 Å². The number of fused-ring (bicyclic) bond motifs is 1. The normalized spacial score (nSPS) is 15.4. The van der Waals surface area contributed by atoms with Crippen molar-refractivity contribution in [3.63, 3.8) is 0 Å². The Bertz CT molecular complexity index is 968. The lowest BCUT2D eigenvalue weighted by molar-refractivity contribution is -0.137. The minimum atomic E-state index is -4.38. The summed E-state index contributed by atoms with van der Waals surface area (Å²) in [4.78, 5) is 4.03. The molecule has 0 radical (unpaired) electrons. The summed E-state index contributed by atoms with van der Waals surface area (Å²) in [6.45, 7) is 1.50. The fourth-order valence-corrected chi connectivity index (χ4v) is 3.94. The number of hydrogen-bond donors (Lipinski definition) is 1. The number of nitrogens with one attached hydrogen (secondary N) is 1. The SMILES string of the molecule is FC(F)(F)c1cccc(C(NCCc2nnc3n2CCCCC3)c2ccncc2)c1. The largest absolute Gasteiger partial charge is 0.416 e. The minimum Gasteiger partial charge on any atom is -0.315 e. The molecule has 1 N–H and O–H groups in total. The molecule has 0 bridgehead atoms. The van der Waals surface area contributed by atoms with Gasteiger partial charge in [-0.1, -0.05) is 18.6 Å². The van der Waals surface area contributed by atoms with Gasteiger partial charge in [0.2, 0.25) is 0 Å². The van der Waals surface area contributed by atoms with Gasteiger partial charge in [0, 0.05) is 38.3 Å². The monoisotopic (exact) mass is 415 g/mol. The average molecular weight is 415 g/mol. The Labute approximate surface area is 173 Å². The highest BCUT2D eigenvalue weighted by Crippen LogP contribution is 2.32. The molecule has 1 aliphatic rings. The van der Waals surface area contributed by atoms with Crippen molar-refractivity contribution in [1.82, 2.24) is 25.1 Å². The second kappa shape index (κ2) is 8.95. The van der Waals surface area contributed by atoms with Gasteiger partial charge < -0.3 is 9.88 Å². The molecule has 0 amide bonds. The van der Waals surface area contributed by atoms with Crippen molar-refractivity contribution >= 4 is 0 Å². The lowest BCUT2D eigenvalue weighted by Gasteiger charge is -2.21. The van der Waals surface area contributed by atoms with E-state index in [0.29, 0.717) is 18.5 Å². The number of aryl methyl sites for hydroxylation is 1. The first kappa shape index (κ1) is 20.5. The van der Waals surface area contributed by atoms with E-state index < -0.39 is 11.7 Å². The van der Waals surface area contributed by atoms with E-state index in [4.69, 9.17) is 0 Å². The summed E-state index contributed by atoms with van der Waals surface area (Å²) in [6.07, 6.45) is 3.98. The Hall–Kier alpha value is -2.74. The molecule has 1 aliphatic heterocycles. The third-order valence-electron chi connectivity index (χ3n) is 5.47. The molecule has 30 heavy (non-hydrogen) atoms. The van der Waals surface area contributed by atoms with Crippen molar-refractivity contribution in [3.8, 4) is 0 Å². The predicted octanol–water partition coefficient (Wildman–Crippen LogP) is 4.34. The molecule has 8 heteroatoms. The van der Waals surface area contributed by atoms with Crippen molar-refractivity contribution in [3.05, 3.63) is 77.1 Å². The Morgan fingerprint density at radius 2 is 1.83 bits per heavy atom. The summed E-state index contributed by atoms with van der Waals surface area (Å²) in [6, 6.07) is 8.74. The van der Waals surface area contributed by atoms with Crippen LogP contribution in [0.4, 0.5) is 13.2 Å². The Morgan fingerprint density at radius 3 is 2.63 bits per heavy atom. The minimum absolute atomic E-state index is 0.373. The van der Waals surface area contributed by atoms with Crippen LogP contribution in [0.15, 0.2) is 48.8 Å². The van der Waals surface area contributed by atoms with Crippen LogP contribution in [0.3, 0.4) is 0 Å². The number of rotatable bonds is 6. The van der Waals surface area contributed by atoms with Crippen molar-refractivity contribution in [2.45, 2.75) is 50.9 Å². The van der Waals surface area contributed by atoms with E-state index in [0.717, 1.165) is 49.1 Å². The van der Waals surface area contributed by atoms with Gasteiger partial charge in [0.05, 0.1) is 11.6 Å². The highest BCUT2D eigenvalue weighted by molar-refractivity contribution is 5.34. The van der Waals surface area contributed by atoms with E-state index >= 15 is 0 Å². The van der Waals surface area contributed by atoms with Gasteiger partial charge in [-0.15, -0.1) is 10.2 Å². The standard InChI is InChI=1S/C22H24F3N5/c23-22(24,25)18-6-4-5-17(15-18)21(16-8-11-26-12-9-16)27-13-10-20-29-28-19-7-2-1-3-14-30(19)20/h4-6,8-9,11-12,15,21,27H,1-3,7,10,13-14H2. The van der Waals surface area contributed by atoms with Crippen LogP contribution in [0.5, 0.6) is 0 Å². The summed E-state index contributed by atoms with van der Waals surface area (Å²) in [5.41, 5.74) is 0.782. The summed E-state index contributed by atoms with van der Waals surface area (Å²) in [7, 11) is 0. The summed E-state index contributed by atoms with van der Waals surface area (Å²) in [5.74, 6) is 1.96. The van der Waals surface area contributed by atoms with Crippen LogP contribution >= 0.6 is 0 Å². The molecule has 1 unspecified atom stereocenters. The van der Waals surface area contributed by atoms with E-state index in [1.807, 2.05) is 12.1 Å². The molecular weight excluding hydrogens is 391 g/mol. The van der Waals surface area contributed by atoms with E-state index in [1.54, 1.807) is 18.5 Å². The Kier molecular flexibility index (Phi) is 6.13. The van der Waals surface area contributed by atoms with Gasteiger partial charge in [-0.05, 0) is 48.2 Å². The van der Waals surface area contributed by atoms with Crippen LogP contribution in [0.1, 0.15) is 53.6 Å². The molecule has 0 fully saturated rings. The maximum Gasteiger partial charge on any atom is 0.416 e. The number of halogens is 3. The van der Waals surface area contributed by atoms with Crippen LogP contribution in [0.25, 0.3) is 0 Å². The molecule has 4 rings (SSSR count). The van der Waals surface area contributed by atoms with Crippen LogP contribution < -0.4 is 5.32 Å². The van der Waals surface area contributed by atoms with Crippen LogP contribution in [0, 0.1) is 0 Å². The second-order valence-electron chi connectivity index (χ2n) is 7.54. The molecule has 5 nitrogen and oxygen atoms in total. The van der Waals surface area contributed by atoms with Gasteiger partial charge in [0.15, 0.2) is 0 Å². The number of pyridine rings is 1. The predicted molar refractivity (Wildman–Crippen MR) is 107 cm³/mol. The van der Waals surface area contributed by atoms with Gasteiger partial charge in [-0.3, -0.25) is 4.98 Å². The lowest BCUT2D eigenvalue weighted by atomic mass is 9.97. The van der Waals surface area contributed by atoms with Crippen molar-refractivity contribution in [2.24, 2.45) is 0 Å². The maximum atomic E-state index is 13.2. The molecule has 158 valence electrons. The van der Waals surface area contributed by atoms with Crippen LogP contribution in [-0.4, -0.2) is 26.3 Å². The quantitative estimate of drug-likeness (QED) is 0.651. The maximum absolute atomic E-state index is 13.2. The average Bonchev–Trinajstić information content (AvgIpc) is 2.97. The van der Waals surface area contributed by atoms with E-state index in [2.05, 4.69) is 25.1 Å². The summed E-state index contributed by atoms with van der Waals surface area (Å²) in [5, 5.41) is 12.1. The zero-order chi connectivity index (χ0) is 21.0. The molecule has 0 saturated carbocycles. The first-order valence-corrected chi connectivity index (χ1v) is 10.2. The van der Waals surface area contributed by atoms with E-state index in [-0.39, 0.29) is 6.04 Å². The molecular formula is C22H24F3N5. The molecule has 1 atom stereocenters. The van der Waals surface area contributed by atoms with Crippen molar-refractivity contribution in [2.75, 3.05) is 6.54 Å². The first-order valence-electron chi connectivity index (χ1n) is 10.2. The zero-order valence-corrected chi connectivity index (χ0v) is 16.6. The van der Waals surface area contributed by atoms with Crippen LogP contribution in [-0.2, 0) is 25.6 Å². The third-order valence-corrected chi connectivity index (χ3v) is 5.47. The van der Waals surface area contributed by atoms with E-state index in [9.17, 15) is 13.2 Å². The summed E-state index contributed by atoms with van der Waals surface area (Å²) >= 11 is 0. The molecule has 3 heterocycles. The van der Waals surface area contributed by atoms with Gasteiger partial charge >= 0.3 is 6.18 Å². The van der Waals surface area contributed by atoms with Gasteiger partial charge in [0.25, 0.3) is 0 Å². The second-order valence-corrected chi connectivity index (χ2v) is 7.54. The van der Waals surface area contributed by atoms with Gasteiger partial charge in [-0.2, -0.15) is 13.2 Å². The highest BCUT2D eigenvalue weighted by Gasteiger charge is 2.31. The number of alkyl halides is 3. The topological polar surface area (TPSA) is 55.6 Å². The van der Waals surface area contributed by atoms with Crippen molar-refractivity contribution < 1.29 is 13.2 Å². The molecule has 0 spiro atoms. The van der Waals surface area contributed by atoms with E-state index in [1.165, 1.54) is 18.6 Å². The molecule has 1 aromatic carbocycles. The van der Waals surface area contributed by atoms with Crippen molar-refractivity contribution in [1.29, 1.82) is 0 Å². The number of aromatic nitrogens is 4. The summed E-state index contributed by atoms with van der Waals surface area (Å²) < 4.78 is 41.8. The Morgan fingerprint density at radius 1 is 1.00 bits per heavy atom. The lowest BCUT2D eigenvalue weighted by Crippen LogP contribution is -2.26. The first-order chi connectivity index (χ1) is 14.5. The fraction of sp³-hybridized carbons (Fsp3) is 0.409. The molecule has 0 saturated heterocycles. The zero-order valence-electron chi connectivity index (χ0n) is 16.6. The fourth-order valence-electron chi connectivity index (χ4n) is 3.94. The number of nitrogens with zero attached hydrogens (tertiary/aromatic N) is 4. The Balaban J connectivity index is 1.53. The molecule has 0 aliphatic carbocycles. The smallest absolute Gasteiger partial charge is 0.315 e. The molecule has 2 aromatic heterocycles. The molecule has 3 aromatic rings. The highest BCUT2D eigenvalue weighted by atomic mass is 19.4. The van der Waals surface area contributed by atoms with Gasteiger partial charge in [-0.25, -0.2) is 0 Å². The van der Waals surface area contributed by atoms with Crippen LogP contribution in [0.2, 0.25) is 0 Å². The number of hydrogen-bond acceptors (Lipinski definition) is 4.